The summed E-state index contributed by atoms with van der Waals surface area (Å²) in [6.45, 7) is 4.05. The fourth-order valence-corrected chi connectivity index (χ4v) is 4.26. The van der Waals surface area contributed by atoms with Crippen LogP contribution in [0.3, 0.4) is 0 Å². The Hall–Kier alpha value is -3.25. The molecule has 0 radical (unpaired) electrons. The molecule has 0 bridgehead atoms. The molecule has 0 spiro atoms. The number of alkyl halides is 3. The number of halogens is 3. The number of piperidine rings is 1. The molecule has 2 N–H and O–H groups in total. The summed E-state index contributed by atoms with van der Waals surface area (Å²) < 4.78 is 41.6. The smallest absolute Gasteiger partial charge is 0.406 e. The van der Waals surface area contributed by atoms with Crippen LogP contribution in [-0.2, 0) is 11.3 Å². The number of amides is 1. The topological polar surface area (TPSA) is 82.6 Å². The van der Waals surface area contributed by atoms with Crippen LogP contribution in [0.1, 0.15) is 37.3 Å². The first-order valence-corrected chi connectivity index (χ1v) is 10.8. The van der Waals surface area contributed by atoms with Gasteiger partial charge in [0.25, 0.3) is 0 Å². The van der Waals surface area contributed by atoms with Crippen LogP contribution >= 0.6 is 0 Å². The van der Waals surface area contributed by atoms with E-state index < -0.39 is 6.36 Å². The minimum Gasteiger partial charge on any atom is -0.406 e. The van der Waals surface area contributed by atoms with Crippen molar-refractivity contribution in [1.82, 2.24) is 4.90 Å². The van der Waals surface area contributed by atoms with Crippen molar-refractivity contribution in [1.29, 1.82) is 5.26 Å². The standard InChI is InChI=1S/C24H27F3N4O2/c1-17(13-23(29)32)30-11-9-21(10-12-30)31(16-19-4-2-3-18(14-19)15-28)20-5-7-22(8-6-20)33-24(25,26)27/h2-8,14,17,21H,9-13,16H2,1H3,(H2,29,32). The van der Waals surface area contributed by atoms with Gasteiger partial charge in [-0.05, 0) is 61.7 Å². The lowest BCUT2D eigenvalue weighted by atomic mass is 9.99. The second-order valence-corrected chi connectivity index (χ2v) is 8.27. The summed E-state index contributed by atoms with van der Waals surface area (Å²) >= 11 is 0. The highest BCUT2D eigenvalue weighted by Gasteiger charge is 2.31. The van der Waals surface area contributed by atoms with E-state index in [0.717, 1.165) is 37.2 Å². The van der Waals surface area contributed by atoms with Crippen molar-refractivity contribution in [2.24, 2.45) is 5.73 Å². The maximum Gasteiger partial charge on any atom is 0.573 e. The zero-order chi connectivity index (χ0) is 24.0. The van der Waals surface area contributed by atoms with Crippen molar-refractivity contribution in [2.45, 2.75) is 51.2 Å². The lowest BCUT2D eigenvalue weighted by Crippen LogP contribution is -2.48. The Balaban J connectivity index is 1.79. The molecule has 33 heavy (non-hydrogen) atoms. The average molecular weight is 461 g/mol. The Morgan fingerprint density at radius 3 is 2.48 bits per heavy atom. The summed E-state index contributed by atoms with van der Waals surface area (Å²) in [5, 5.41) is 9.22. The number of hydrogen-bond donors (Lipinski definition) is 1. The maximum atomic E-state index is 12.5. The number of ether oxygens (including phenoxy) is 1. The summed E-state index contributed by atoms with van der Waals surface area (Å²) in [7, 11) is 0. The van der Waals surface area contributed by atoms with Gasteiger partial charge in [0.2, 0.25) is 5.91 Å². The van der Waals surface area contributed by atoms with Crippen LogP contribution in [0.25, 0.3) is 0 Å². The zero-order valence-corrected chi connectivity index (χ0v) is 18.4. The summed E-state index contributed by atoms with van der Waals surface area (Å²) in [6.07, 6.45) is -2.80. The van der Waals surface area contributed by atoms with Gasteiger partial charge in [-0.3, -0.25) is 9.69 Å². The number of rotatable bonds is 8. The van der Waals surface area contributed by atoms with E-state index in [2.05, 4.69) is 20.6 Å². The minimum atomic E-state index is -4.74. The predicted molar refractivity (Wildman–Crippen MR) is 118 cm³/mol. The minimum absolute atomic E-state index is 0.0583. The Labute approximate surface area is 191 Å². The van der Waals surface area contributed by atoms with Crippen LogP contribution in [0.4, 0.5) is 18.9 Å². The maximum absolute atomic E-state index is 12.5. The second kappa shape index (κ2) is 10.6. The molecule has 3 rings (SSSR count). The van der Waals surface area contributed by atoms with Crippen molar-refractivity contribution in [3.8, 4) is 11.8 Å². The third-order valence-corrected chi connectivity index (χ3v) is 5.87. The number of likely N-dealkylation sites (tertiary alicyclic amines) is 1. The Bertz CT molecular complexity index is 980. The molecule has 1 atom stereocenters. The normalized spacial score (nSPS) is 16.1. The number of benzene rings is 2. The number of anilines is 1. The van der Waals surface area contributed by atoms with E-state index in [4.69, 9.17) is 5.73 Å². The quantitative estimate of drug-likeness (QED) is 0.639. The molecule has 6 nitrogen and oxygen atoms in total. The van der Waals surface area contributed by atoms with Crippen molar-refractivity contribution in [2.75, 3.05) is 18.0 Å². The van der Waals surface area contributed by atoms with E-state index >= 15 is 0 Å². The van der Waals surface area contributed by atoms with Crippen LogP contribution in [0.5, 0.6) is 5.75 Å². The number of hydrogen-bond acceptors (Lipinski definition) is 5. The second-order valence-electron chi connectivity index (χ2n) is 8.27. The molecule has 1 amide bonds. The third kappa shape index (κ3) is 7.12. The molecule has 176 valence electrons. The van der Waals surface area contributed by atoms with Crippen molar-refractivity contribution in [3.63, 3.8) is 0 Å². The number of primary amides is 1. The first-order valence-electron chi connectivity index (χ1n) is 10.8. The lowest BCUT2D eigenvalue weighted by Gasteiger charge is -2.41. The van der Waals surface area contributed by atoms with Gasteiger partial charge in [-0.15, -0.1) is 13.2 Å². The molecule has 2 aromatic carbocycles. The van der Waals surface area contributed by atoms with Crippen LogP contribution in [-0.4, -0.2) is 42.3 Å². The third-order valence-electron chi connectivity index (χ3n) is 5.87. The van der Waals surface area contributed by atoms with Crippen molar-refractivity contribution < 1.29 is 22.7 Å². The van der Waals surface area contributed by atoms with Crippen molar-refractivity contribution >= 4 is 11.6 Å². The van der Waals surface area contributed by atoms with E-state index in [0.29, 0.717) is 18.5 Å². The SMILES string of the molecule is CC(CC(N)=O)N1CCC(N(Cc2cccc(C#N)c2)c2ccc(OC(F)(F)F)cc2)CC1. The molecular weight excluding hydrogens is 433 g/mol. The van der Waals surface area contributed by atoms with Crippen LogP contribution in [0.2, 0.25) is 0 Å². The van der Waals surface area contributed by atoms with Gasteiger partial charge in [0.15, 0.2) is 0 Å². The highest BCUT2D eigenvalue weighted by atomic mass is 19.4. The van der Waals surface area contributed by atoms with E-state index in [1.807, 2.05) is 25.1 Å². The number of nitriles is 1. The van der Waals surface area contributed by atoms with Gasteiger partial charge >= 0.3 is 6.36 Å². The molecule has 1 fully saturated rings. The monoisotopic (exact) mass is 460 g/mol. The van der Waals surface area contributed by atoms with Crippen LogP contribution in [0, 0.1) is 11.3 Å². The van der Waals surface area contributed by atoms with E-state index in [-0.39, 0.29) is 23.7 Å². The summed E-state index contributed by atoms with van der Waals surface area (Å²) in [5.41, 5.74) is 7.60. The van der Waals surface area contributed by atoms with Gasteiger partial charge in [0, 0.05) is 43.8 Å². The van der Waals surface area contributed by atoms with E-state index in [9.17, 15) is 23.2 Å². The van der Waals surface area contributed by atoms with Gasteiger partial charge in [0.1, 0.15) is 5.75 Å². The molecule has 0 aliphatic carbocycles. The molecule has 1 heterocycles. The summed E-state index contributed by atoms with van der Waals surface area (Å²) in [4.78, 5) is 15.7. The molecule has 2 aromatic rings. The lowest BCUT2D eigenvalue weighted by molar-refractivity contribution is -0.274. The highest BCUT2D eigenvalue weighted by molar-refractivity contribution is 5.74. The molecule has 1 aliphatic heterocycles. The first kappa shape index (κ1) is 24.4. The molecular formula is C24H27F3N4O2. The molecule has 1 unspecified atom stereocenters. The predicted octanol–water partition coefficient (Wildman–Crippen LogP) is 4.19. The zero-order valence-electron chi connectivity index (χ0n) is 18.4. The number of carbonyl (C=O) groups is 1. The van der Waals surface area contributed by atoms with Crippen molar-refractivity contribution in [3.05, 3.63) is 59.7 Å². The van der Waals surface area contributed by atoms with Gasteiger partial charge in [-0.25, -0.2) is 0 Å². The Morgan fingerprint density at radius 2 is 1.91 bits per heavy atom. The number of nitrogens with zero attached hydrogens (tertiary/aromatic N) is 3. The Morgan fingerprint density at radius 1 is 1.24 bits per heavy atom. The van der Waals surface area contributed by atoms with Gasteiger partial charge < -0.3 is 15.4 Å². The molecule has 1 saturated heterocycles. The highest BCUT2D eigenvalue weighted by Crippen LogP contribution is 2.30. The molecule has 9 heteroatoms. The van der Waals surface area contributed by atoms with E-state index in [1.165, 1.54) is 12.1 Å². The summed E-state index contributed by atoms with van der Waals surface area (Å²) in [6, 6.07) is 15.5. The first-order chi connectivity index (χ1) is 15.6. The van der Waals surface area contributed by atoms with Crippen LogP contribution < -0.4 is 15.4 Å². The van der Waals surface area contributed by atoms with Gasteiger partial charge in [-0.2, -0.15) is 5.26 Å². The van der Waals surface area contributed by atoms with E-state index in [1.54, 1.807) is 18.2 Å². The number of carbonyl (C=O) groups excluding carboxylic acids is 1. The fourth-order valence-electron chi connectivity index (χ4n) is 4.26. The number of nitrogens with two attached hydrogens (primary N) is 1. The molecule has 0 aromatic heterocycles. The molecule has 1 aliphatic rings. The fraction of sp³-hybridized carbons (Fsp3) is 0.417. The Kier molecular flexibility index (Phi) is 7.82. The van der Waals surface area contributed by atoms with Crippen LogP contribution in [0.15, 0.2) is 48.5 Å². The average Bonchev–Trinajstić information content (AvgIpc) is 2.77. The van der Waals surface area contributed by atoms with Gasteiger partial charge in [0.05, 0.1) is 11.6 Å². The largest absolute Gasteiger partial charge is 0.573 e. The van der Waals surface area contributed by atoms with Gasteiger partial charge in [-0.1, -0.05) is 12.1 Å². The molecule has 0 saturated carbocycles. The summed E-state index contributed by atoms with van der Waals surface area (Å²) in [5.74, 6) is -0.599.